The lowest BCUT2D eigenvalue weighted by Crippen LogP contribution is -2.08. The van der Waals surface area contributed by atoms with Crippen molar-refractivity contribution in [3.8, 4) is 6.07 Å². The van der Waals surface area contributed by atoms with Gasteiger partial charge in [-0.3, -0.25) is 5.10 Å². The van der Waals surface area contributed by atoms with Crippen LogP contribution in [0.5, 0.6) is 0 Å². The minimum atomic E-state index is -4.57. The first-order valence-electron chi connectivity index (χ1n) is 3.93. The van der Waals surface area contributed by atoms with Crippen LogP contribution in [0, 0.1) is 11.3 Å². The molecule has 0 saturated carbocycles. The number of H-pyrrole nitrogens is 1. The summed E-state index contributed by atoms with van der Waals surface area (Å²) in [5.74, 6) is -0.187. The number of halogens is 3. The van der Waals surface area contributed by atoms with Crippen LogP contribution in [0.4, 0.5) is 13.2 Å². The monoisotopic (exact) mass is 203 g/mol. The average molecular weight is 203 g/mol. The molecule has 1 rings (SSSR count). The largest absolute Gasteiger partial charge is 0.436 e. The molecular formula is C8H8F3N3. The number of nitriles is 1. The first kappa shape index (κ1) is 10.6. The highest BCUT2D eigenvalue weighted by molar-refractivity contribution is 5.40. The zero-order valence-corrected chi connectivity index (χ0v) is 7.61. The minimum absolute atomic E-state index is 0.187. The molecule has 0 spiro atoms. The summed E-state index contributed by atoms with van der Waals surface area (Å²) in [6.45, 7) is 3.38. The van der Waals surface area contributed by atoms with Crippen molar-refractivity contribution in [3.05, 3.63) is 17.0 Å². The van der Waals surface area contributed by atoms with Gasteiger partial charge in [0.1, 0.15) is 11.6 Å². The van der Waals surface area contributed by atoms with Crippen LogP contribution in [0.3, 0.4) is 0 Å². The Kier molecular flexibility index (Phi) is 2.51. The van der Waals surface area contributed by atoms with Gasteiger partial charge in [-0.15, -0.1) is 0 Å². The summed E-state index contributed by atoms with van der Waals surface area (Å²) in [5.41, 5.74) is -1.32. The molecule has 14 heavy (non-hydrogen) atoms. The van der Waals surface area contributed by atoms with E-state index in [4.69, 9.17) is 5.26 Å². The van der Waals surface area contributed by atoms with E-state index in [1.807, 2.05) is 0 Å². The van der Waals surface area contributed by atoms with Gasteiger partial charge in [0.2, 0.25) is 0 Å². The van der Waals surface area contributed by atoms with Crippen molar-refractivity contribution in [2.75, 3.05) is 0 Å². The van der Waals surface area contributed by atoms with Crippen molar-refractivity contribution in [3.63, 3.8) is 0 Å². The second-order valence-corrected chi connectivity index (χ2v) is 3.13. The number of aromatic amines is 1. The van der Waals surface area contributed by atoms with Gasteiger partial charge in [0, 0.05) is 0 Å². The number of hydrogen-bond acceptors (Lipinski definition) is 2. The smallest absolute Gasteiger partial charge is 0.280 e. The van der Waals surface area contributed by atoms with Crippen LogP contribution in [0.2, 0.25) is 0 Å². The van der Waals surface area contributed by atoms with Crippen LogP contribution in [-0.4, -0.2) is 10.2 Å². The molecule has 1 N–H and O–H groups in total. The van der Waals surface area contributed by atoms with Gasteiger partial charge in [0.05, 0.1) is 5.69 Å². The number of nitrogens with zero attached hydrogens (tertiary/aromatic N) is 2. The molecule has 0 atom stereocenters. The summed E-state index contributed by atoms with van der Waals surface area (Å²) in [5, 5.41) is 13.9. The fourth-order valence-electron chi connectivity index (χ4n) is 1.09. The van der Waals surface area contributed by atoms with Crippen LogP contribution in [0.1, 0.15) is 36.7 Å². The molecule has 76 valence electrons. The molecule has 0 aliphatic carbocycles. The summed E-state index contributed by atoms with van der Waals surface area (Å²) in [6, 6.07) is 1.52. The molecule has 0 fully saturated rings. The van der Waals surface area contributed by atoms with E-state index in [1.165, 1.54) is 6.07 Å². The van der Waals surface area contributed by atoms with E-state index in [0.717, 1.165) is 0 Å². The normalized spacial score (nSPS) is 11.8. The van der Waals surface area contributed by atoms with Crippen molar-refractivity contribution in [1.29, 1.82) is 5.26 Å². The first-order chi connectivity index (χ1) is 6.38. The van der Waals surface area contributed by atoms with Crippen LogP contribution in [0.25, 0.3) is 0 Å². The lowest BCUT2D eigenvalue weighted by Gasteiger charge is -2.03. The number of rotatable bonds is 1. The zero-order valence-electron chi connectivity index (χ0n) is 7.61. The van der Waals surface area contributed by atoms with Gasteiger partial charge in [-0.2, -0.15) is 23.5 Å². The van der Waals surface area contributed by atoms with Crippen LogP contribution >= 0.6 is 0 Å². The molecule has 3 nitrogen and oxygen atoms in total. The molecule has 1 aromatic rings. The van der Waals surface area contributed by atoms with Gasteiger partial charge in [0.25, 0.3) is 0 Å². The van der Waals surface area contributed by atoms with Gasteiger partial charge < -0.3 is 0 Å². The van der Waals surface area contributed by atoms with E-state index in [2.05, 4.69) is 10.2 Å². The minimum Gasteiger partial charge on any atom is -0.280 e. The van der Waals surface area contributed by atoms with Crippen molar-refractivity contribution in [2.24, 2.45) is 0 Å². The Hall–Kier alpha value is -1.51. The third-order valence-corrected chi connectivity index (χ3v) is 1.75. The Labute approximate surface area is 78.5 Å². The van der Waals surface area contributed by atoms with E-state index in [9.17, 15) is 13.2 Å². The van der Waals surface area contributed by atoms with Gasteiger partial charge in [0.15, 0.2) is 5.69 Å². The second-order valence-electron chi connectivity index (χ2n) is 3.13. The van der Waals surface area contributed by atoms with E-state index >= 15 is 0 Å². The van der Waals surface area contributed by atoms with Crippen molar-refractivity contribution < 1.29 is 13.2 Å². The Balaban J connectivity index is 3.30. The van der Waals surface area contributed by atoms with Gasteiger partial charge in [-0.25, -0.2) is 0 Å². The molecule has 1 aromatic heterocycles. The maximum Gasteiger partial charge on any atom is 0.436 e. The molecule has 0 aliphatic heterocycles. The summed E-state index contributed by atoms with van der Waals surface area (Å²) >= 11 is 0. The molecule has 1 heterocycles. The van der Waals surface area contributed by atoms with Gasteiger partial charge in [-0.05, 0) is 5.92 Å². The van der Waals surface area contributed by atoms with E-state index in [-0.39, 0.29) is 11.6 Å². The molecule has 0 aliphatic rings. The second kappa shape index (κ2) is 3.33. The molecule has 0 bridgehead atoms. The van der Waals surface area contributed by atoms with Crippen molar-refractivity contribution in [1.82, 2.24) is 10.2 Å². The van der Waals surface area contributed by atoms with E-state index in [1.54, 1.807) is 13.8 Å². The molecule has 6 heteroatoms. The maximum absolute atomic E-state index is 12.3. The Morgan fingerprint density at radius 3 is 2.36 bits per heavy atom. The maximum atomic E-state index is 12.3. The lowest BCUT2D eigenvalue weighted by atomic mass is 10.0. The highest BCUT2D eigenvalue weighted by atomic mass is 19.4. The molecule has 0 saturated heterocycles. The molecule has 0 aromatic carbocycles. The van der Waals surface area contributed by atoms with E-state index in [0.29, 0.717) is 0 Å². The fourth-order valence-corrected chi connectivity index (χ4v) is 1.09. The summed E-state index contributed by atoms with van der Waals surface area (Å²) in [6.07, 6.45) is -4.57. The molecule has 0 radical (unpaired) electrons. The summed E-state index contributed by atoms with van der Waals surface area (Å²) < 4.78 is 36.8. The van der Waals surface area contributed by atoms with Gasteiger partial charge in [-0.1, -0.05) is 13.8 Å². The predicted molar refractivity (Wildman–Crippen MR) is 42.4 cm³/mol. The van der Waals surface area contributed by atoms with Crippen LogP contribution in [0.15, 0.2) is 0 Å². The highest BCUT2D eigenvalue weighted by Crippen LogP contribution is 2.32. The zero-order chi connectivity index (χ0) is 10.9. The van der Waals surface area contributed by atoms with Gasteiger partial charge >= 0.3 is 6.18 Å². The number of alkyl halides is 3. The third kappa shape index (κ3) is 1.71. The third-order valence-electron chi connectivity index (χ3n) is 1.75. The average Bonchev–Trinajstić information content (AvgIpc) is 2.45. The first-order valence-corrected chi connectivity index (χ1v) is 3.93. The van der Waals surface area contributed by atoms with Crippen LogP contribution < -0.4 is 0 Å². The summed E-state index contributed by atoms with van der Waals surface area (Å²) in [4.78, 5) is 0. The van der Waals surface area contributed by atoms with Crippen LogP contribution in [-0.2, 0) is 6.18 Å². The summed E-state index contributed by atoms with van der Waals surface area (Å²) in [7, 11) is 0. The fraction of sp³-hybridized carbons (Fsp3) is 0.500. The van der Waals surface area contributed by atoms with E-state index < -0.39 is 17.4 Å². The molecule has 0 unspecified atom stereocenters. The highest BCUT2D eigenvalue weighted by Gasteiger charge is 2.38. The van der Waals surface area contributed by atoms with Crippen molar-refractivity contribution >= 4 is 0 Å². The SMILES string of the molecule is CC(C)c1[nH]nc(C(F)(F)F)c1C#N. The number of nitrogens with one attached hydrogen (secondary N) is 1. The number of aromatic nitrogens is 2. The molecule has 0 amide bonds. The van der Waals surface area contributed by atoms with Crippen molar-refractivity contribution in [2.45, 2.75) is 25.9 Å². The molecular weight excluding hydrogens is 195 g/mol. The standard InChI is InChI=1S/C8H8F3N3/c1-4(2)6-5(3-12)7(14-13-6)8(9,10)11/h4H,1-2H3,(H,13,14). The topological polar surface area (TPSA) is 52.5 Å². The lowest BCUT2D eigenvalue weighted by molar-refractivity contribution is -0.141. The Morgan fingerprint density at radius 1 is 1.43 bits per heavy atom. The Morgan fingerprint density at radius 2 is 2.00 bits per heavy atom. The Bertz CT molecular complexity index is 370. The number of hydrogen-bond donors (Lipinski definition) is 1. The quantitative estimate of drug-likeness (QED) is 0.761. The predicted octanol–water partition coefficient (Wildman–Crippen LogP) is 2.42.